The fourth-order valence-electron chi connectivity index (χ4n) is 4.49. The number of pyridine rings is 1. The van der Waals surface area contributed by atoms with E-state index in [1.165, 1.54) is 18.5 Å². The normalized spacial score (nSPS) is 11.8. The second kappa shape index (κ2) is 11.2. The molecule has 41 heavy (non-hydrogen) atoms. The summed E-state index contributed by atoms with van der Waals surface area (Å²) in [4.78, 5) is 32.8. The van der Waals surface area contributed by atoms with Crippen molar-refractivity contribution in [2.45, 2.75) is 6.04 Å². The Kier molecular flexibility index (Phi) is 7.01. The molecule has 0 saturated heterocycles. The minimum Gasteiger partial charge on any atom is -0.367 e. The number of aromatic nitrogens is 7. The third kappa shape index (κ3) is 5.57. The predicted octanol–water partition coefficient (Wildman–Crippen LogP) is 4.57. The van der Waals surface area contributed by atoms with E-state index in [4.69, 9.17) is 0 Å². The lowest BCUT2D eigenvalue weighted by molar-refractivity contribution is 0.0937. The number of benzene rings is 2. The first-order chi connectivity index (χ1) is 20.1. The standard InChI is InChI=1S/C29H25FN10O/c1-31-29-33-12-10-23(39-29)24-14-19-13-18(6-9-22(19)37-24)28(41)38-25(27-35-16-36-40-27)15-34-26-21(3-2-11-32-26)17-4-7-20(30)8-5-17/h2-14,16,25,37H,15H2,1H3,(H,32,34)(H,38,41)(H,31,33,39)(H,35,36,40). The van der Waals surface area contributed by atoms with Crippen LogP contribution < -0.4 is 16.0 Å². The van der Waals surface area contributed by atoms with Gasteiger partial charge in [-0.05, 0) is 60.2 Å². The van der Waals surface area contributed by atoms with Gasteiger partial charge in [-0.2, -0.15) is 0 Å². The summed E-state index contributed by atoms with van der Waals surface area (Å²) in [5.41, 5.74) is 4.51. The lowest BCUT2D eigenvalue weighted by Gasteiger charge is -2.19. The molecule has 6 rings (SSSR count). The molecule has 0 spiro atoms. The lowest BCUT2D eigenvalue weighted by Crippen LogP contribution is -2.34. The highest BCUT2D eigenvalue weighted by Gasteiger charge is 2.20. The molecule has 2 aromatic carbocycles. The van der Waals surface area contributed by atoms with Crippen molar-refractivity contribution in [3.05, 3.63) is 103 Å². The molecule has 4 heterocycles. The lowest BCUT2D eigenvalue weighted by atomic mass is 10.1. The maximum absolute atomic E-state index is 13.5. The van der Waals surface area contributed by atoms with E-state index in [0.29, 0.717) is 23.2 Å². The van der Waals surface area contributed by atoms with Gasteiger partial charge in [0.05, 0.1) is 11.4 Å². The molecule has 0 aliphatic heterocycles. The summed E-state index contributed by atoms with van der Waals surface area (Å²) in [6.45, 7) is 0.268. The minimum atomic E-state index is -0.549. The van der Waals surface area contributed by atoms with E-state index in [1.807, 2.05) is 36.4 Å². The first-order valence-corrected chi connectivity index (χ1v) is 12.8. The number of carbonyl (C=O) groups is 1. The summed E-state index contributed by atoms with van der Waals surface area (Å²) in [5.74, 6) is 0.997. The summed E-state index contributed by atoms with van der Waals surface area (Å²) < 4.78 is 13.5. The second-order valence-corrected chi connectivity index (χ2v) is 9.19. The van der Waals surface area contributed by atoms with E-state index >= 15 is 0 Å². The van der Waals surface area contributed by atoms with Gasteiger partial charge >= 0.3 is 0 Å². The largest absolute Gasteiger partial charge is 0.367 e. The molecule has 6 aromatic rings. The highest BCUT2D eigenvalue weighted by molar-refractivity contribution is 5.99. The van der Waals surface area contributed by atoms with Crippen molar-refractivity contribution in [1.82, 2.24) is 40.4 Å². The van der Waals surface area contributed by atoms with E-state index in [2.05, 4.69) is 51.1 Å². The van der Waals surface area contributed by atoms with Gasteiger partial charge in [0, 0.05) is 48.0 Å². The number of aromatic amines is 2. The predicted molar refractivity (Wildman–Crippen MR) is 154 cm³/mol. The van der Waals surface area contributed by atoms with Crippen LogP contribution in [-0.4, -0.2) is 54.6 Å². The third-order valence-electron chi connectivity index (χ3n) is 6.55. The summed E-state index contributed by atoms with van der Waals surface area (Å²) in [6, 6.07) is 18.6. The molecular formula is C29H25FN10O. The van der Waals surface area contributed by atoms with Gasteiger partial charge in [0.2, 0.25) is 5.95 Å². The maximum atomic E-state index is 13.5. The van der Waals surface area contributed by atoms with E-state index in [1.54, 1.807) is 37.6 Å². The SMILES string of the molecule is CNc1nccc(-c2cc3cc(C(=O)NC(CNc4ncccc4-c4ccc(F)cc4)c4nnc[nH]4)ccc3[nH]2)n1. The molecule has 204 valence electrons. The Hall–Kier alpha value is -5.65. The average molecular weight is 549 g/mol. The van der Waals surface area contributed by atoms with Crippen molar-refractivity contribution in [3.8, 4) is 22.5 Å². The molecule has 5 N–H and O–H groups in total. The number of hydrogen-bond donors (Lipinski definition) is 5. The van der Waals surface area contributed by atoms with Crippen molar-refractivity contribution < 1.29 is 9.18 Å². The number of rotatable bonds is 9. The van der Waals surface area contributed by atoms with Crippen LogP contribution in [0.25, 0.3) is 33.4 Å². The summed E-state index contributed by atoms with van der Waals surface area (Å²) in [5, 5.41) is 18.1. The van der Waals surface area contributed by atoms with Crippen LogP contribution in [0.5, 0.6) is 0 Å². The number of halogens is 1. The van der Waals surface area contributed by atoms with Gasteiger partial charge in [0.1, 0.15) is 24.0 Å². The third-order valence-corrected chi connectivity index (χ3v) is 6.55. The van der Waals surface area contributed by atoms with Crippen LogP contribution in [0.15, 0.2) is 85.5 Å². The summed E-state index contributed by atoms with van der Waals surface area (Å²) >= 11 is 0. The minimum absolute atomic E-state index is 0.268. The molecule has 0 radical (unpaired) electrons. The number of nitrogens with zero attached hydrogens (tertiary/aromatic N) is 5. The zero-order chi connectivity index (χ0) is 28.2. The van der Waals surface area contributed by atoms with Gasteiger partial charge in [-0.3, -0.25) is 4.79 Å². The van der Waals surface area contributed by atoms with Crippen LogP contribution in [0.2, 0.25) is 0 Å². The van der Waals surface area contributed by atoms with Crippen molar-refractivity contribution in [2.24, 2.45) is 0 Å². The molecule has 1 amide bonds. The van der Waals surface area contributed by atoms with Crippen LogP contribution in [0.3, 0.4) is 0 Å². The Labute approximate surface area is 233 Å². The number of fused-ring (bicyclic) bond motifs is 1. The molecular weight excluding hydrogens is 523 g/mol. The van der Waals surface area contributed by atoms with E-state index < -0.39 is 6.04 Å². The fourth-order valence-corrected chi connectivity index (χ4v) is 4.49. The monoisotopic (exact) mass is 548 g/mol. The Balaban J connectivity index is 1.22. The second-order valence-electron chi connectivity index (χ2n) is 9.19. The molecule has 11 nitrogen and oxygen atoms in total. The van der Waals surface area contributed by atoms with Gasteiger partial charge in [0.25, 0.3) is 5.91 Å². The summed E-state index contributed by atoms with van der Waals surface area (Å²) in [7, 11) is 1.76. The molecule has 0 saturated carbocycles. The van der Waals surface area contributed by atoms with Crippen LogP contribution >= 0.6 is 0 Å². The fraction of sp³-hybridized carbons (Fsp3) is 0.103. The van der Waals surface area contributed by atoms with Crippen molar-refractivity contribution in [2.75, 3.05) is 24.2 Å². The van der Waals surface area contributed by atoms with Gasteiger partial charge in [0.15, 0.2) is 5.82 Å². The van der Waals surface area contributed by atoms with Crippen molar-refractivity contribution in [3.63, 3.8) is 0 Å². The summed E-state index contributed by atoms with van der Waals surface area (Å²) in [6.07, 6.45) is 4.81. The molecule has 0 bridgehead atoms. The Morgan fingerprint density at radius 1 is 1.02 bits per heavy atom. The number of anilines is 2. The first-order valence-electron chi connectivity index (χ1n) is 12.8. The average Bonchev–Trinajstić information content (AvgIpc) is 3.70. The molecule has 0 aliphatic rings. The zero-order valence-corrected chi connectivity index (χ0v) is 21.9. The van der Waals surface area contributed by atoms with Crippen LogP contribution in [0, 0.1) is 5.82 Å². The Bertz CT molecular complexity index is 1800. The Morgan fingerprint density at radius 2 is 1.90 bits per heavy atom. The maximum Gasteiger partial charge on any atom is 0.251 e. The smallest absolute Gasteiger partial charge is 0.251 e. The highest BCUT2D eigenvalue weighted by Crippen LogP contribution is 2.27. The Morgan fingerprint density at radius 3 is 2.71 bits per heavy atom. The highest BCUT2D eigenvalue weighted by atomic mass is 19.1. The topological polar surface area (TPSA) is 149 Å². The van der Waals surface area contributed by atoms with Crippen molar-refractivity contribution >= 4 is 28.6 Å². The zero-order valence-electron chi connectivity index (χ0n) is 21.9. The quantitative estimate of drug-likeness (QED) is 0.176. The molecule has 1 atom stereocenters. The first kappa shape index (κ1) is 25.6. The molecule has 0 fully saturated rings. The van der Waals surface area contributed by atoms with Gasteiger partial charge < -0.3 is 25.9 Å². The molecule has 12 heteroatoms. The van der Waals surface area contributed by atoms with E-state index in [-0.39, 0.29) is 18.3 Å². The van der Waals surface area contributed by atoms with Gasteiger partial charge in [-0.1, -0.05) is 12.1 Å². The number of carbonyl (C=O) groups excluding carboxylic acids is 1. The van der Waals surface area contributed by atoms with Crippen LogP contribution in [-0.2, 0) is 0 Å². The van der Waals surface area contributed by atoms with Crippen LogP contribution in [0.4, 0.5) is 16.2 Å². The van der Waals surface area contributed by atoms with E-state index in [9.17, 15) is 9.18 Å². The molecule has 1 unspecified atom stereocenters. The molecule has 4 aromatic heterocycles. The van der Waals surface area contributed by atoms with Gasteiger partial charge in [-0.25, -0.2) is 19.3 Å². The number of amides is 1. The number of nitrogens with one attached hydrogen (secondary N) is 5. The number of H-pyrrole nitrogens is 2. The van der Waals surface area contributed by atoms with Crippen molar-refractivity contribution in [1.29, 1.82) is 0 Å². The van der Waals surface area contributed by atoms with E-state index in [0.717, 1.165) is 33.4 Å². The number of hydrogen-bond acceptors (Lipinski definition) is 8. The van der Waals surface area contributed by atoms with Gasteiger partial charge in [-0.15, -0.1) is 10.2 Å². The van der Waals surface area contributed by atoms with Crippen LogP contribution in [0.1, 0.15) is 22.2 Å². The molecule has 0 aliphatic carbocycles.